The number of hydrogen-bond donors (Lipinski definition) is 0. The number of carbonyl (C=O) groups is 1. The van der Waals surface area contributed by atoms with Crippen LogP contribution in [0.3, 0.4) is 0 Å². The molecular weight excluding hydrogens is 411 g/mol. The number of halogens is 1. The molecule has 0 amide bonds. The lowest BCUT2D eigenvalue weighted by Crippen LogP contribution is -2.08. The second-order valence-corrected chi connectivity index (χ2v) is 8.06. The molecule has 33 heavy (non-hydrogen) atoms. The van der Waals surface area contributed by atoms with Gasteiger partial charge in [-0.2, -0.15) is 0 Å². The molecule has 164 valence electrons. The van der Waals surface area contributed by atoms with Gasteiger partial charge in [-0.1, -0.05) is 85.8 Å². The molecule has 1 atom stereocenters. The highest BCUT2D eigenvalue weighted by Crippen LogP contribution is 2.21. The van der Waals surface area contributed by atoms with Gasteiger partial charge in [0, 0.05) is 0 Å². The first kappa shape index (κ1) is 22.2. The predicted molar refractivity (Wildman–Crippen MR) is 132 cm³/mol. The van der Waals surface area contributed by atoms with Gasteiger partial charge in [0.2, 0.25) is 0 Å². The van der Waals surface area contributed by atoms with Gasteiger partial charge in [0.25, 0.3) is 0 Å². The van der Waals surface area contributed by atoms with Crippen LogP contribution in [0.5, 0.6) is 5.75 Å². The van der Waals surface area contributed by atoms with Crippen LogP contribution in [-0.2, 0) is 6.42 Å². The summed E-state index contributed by atoms with van der Waals surface area (Å²) in [5, 5.41) is 0. The Bertz CT molecular complexity index is 1210. The van der Waals surface area contributed by atoms with E-state index in [0.29, 0.717) is 17.2 Å². The Kier molecular flexibility index (Phi) is 7.11. The van der Waals surface area contributed by atoms with Crippen LogP contribution in [0.1, 0.15) is 45.5 Å². The van der Waals surface area contributed by atoms with E-state index < -0.39 is 5.97 Å². The summed E-state index contributed by atoms with van der Waals surface area (Å²) < 4.78 is 18.3. The summed E-state index contributed by atoms with van der Waals surface area (Å²) in [4.78, 5) is 12.1. The van der Waals surface area contributed by atoms with Crippen molar-refractivity contribution < 1.29 is 13.9 Å². The Morgan fingerprint density at radius 1 is 0.788 bits per heavy atom. The van der Waals surface area contributed by atoms with Gasteiger partial charge in [0.15, 0.2) is 0 Å². The zero-order valence-corrected chi connectivity index (χ0v) is 18.4. The molecule has 0 aliphatic carbocycles. The number of esters is 1. The van der Waals surface area contributed by atoms with Gasteiger partial charge in [-0.15, -0.1) is 0 Å². The molecule has 0 spiro atoms. The first-order valence-corrected chi connectivity index (χ1v) is 11.0. The Balaban J connectivity index is 1.33. The fourth-order valence-corrected chi connectivity index (χ4v) is 3.61. The van der Waals surface area contributed by atoms with Gasteiger partial charge in [0.05, 0.1) is 5.56 Å². The summed E-state index contributed by atoms with van der Waals surface area (Å²) in [6, 6.07) is 31.7. The maximum Gasteiger partial charge on any atom is 0.343 e. The van der Waals surface area contributed by atoms with E-state index in [-0.39, 0.29) is 5.82 Å². The SMILES string of the molecule is C[C@@H](Cc1ccc(C=Cc2ccc(OC(=O)c3ccc(F)cc3)cc2)cc1)c1ccccc1. The van der Waals surface area contributed by atoms with Crippen LogP contribution < -0.4 is 4.74 Å². The molecule has 0 aromatic heterocycles. The van der Waals surface area contributed by atoms with E-state index in [9.17, 15) is 9.18 Å². The zero-order chi connectivity index (χ0) is 23.0. The average Bonchev–Trinajstić information content (AvgIpc) is 2.85. The molecule has 3 heteroatoms. The molecule has 0 N–H and O–H groups in total. The van der Waals surface area contributed by atoms with Crippen molar-refractivity contribution in [3.8, 4) is 5.75 Å². The lowest BCUT2D eigenvalue weighted by atomic mass is 9.93. The molecule has 4 aromatic carbocycles. The molecule has 0 aliphatic rings. The largest absolute Gasteiger partial charge is 0.423 e. The van der Waals surface area contributed by atoms with E-state index in [1.165, 1.54) is 35.4 Å². The van der Waals surface area contributed by atoms with E-state index in [0.717, 1.165) is 17.5 Å². The van der Waals surface area contributed by atoms with Gasteiger partial charge in [-0.25, -0.2) is 9.18 Å². The number of carbonyl (C=O) groups excluding carboxylic acids is 1. The molecule has 0 bridgehead atoms. The molecule has 4 rings (SSSR count). The summed E-state index contributed by atoms with van der Waals surface area (Å²) in [6.45, 7) is 2.25. The Hall–Kier alpha value is -3.98. The highest BCUT2D eigenvalue weighted by atomic mass is 19.1. The minimum atomic E-state index is -0.514. The van der Waals surface area contributed by atoms with Crippen LogP contribution in [0.25, 0.3) is 12.2 Å². The van der Waals surface area contributed by atoms with Crippen molar-refractivity contribution in [3.63, 3.8) is 0 Å². The first-order valence-electron chi connectivity index (χ1n) is 11.0. The lowest BCUT2D eigenvalue weighted by Gasteiger charge is -2.12. The lowest BCUT2D eigenvalue weighted by molar-refractivity contribution is 0.0734. The van der Waals surface area contributed by atoms with Crippen molar-refractivity contribution in [2.75, 3.05) is 0 Å². The van der Waals surface area contributed by atoms with Crippen molar-refractivity contribution in [3.05, 3.63) is 137 Å². The summed E-state index contributed by atoms with van der Waals surface area (Å²) in [6.07, 6.45) is 5.09. The third-order valence-corrected chi connectivity index (χ3v) is 5.53. The average molecular weight is 437 g/mol. The Morgan fingerprint density at radius 2 is 1.36 bits per heavy atom. The predicted octanol–water partition coefficient (Wildman–Crippen LogP) is 7.56. The smallest absolute Gasteiger partial charge is 0.343 e. The van der Waals surface area contributed by atoms with E-state index >= 15 is 0 Å². The normalized spacial score (nSPS) is 11.9. The number of benzene rings is 4. The zero-order valence-electron chi connectivity index (χ0n) is 18.4. The molecule has 0 radical (unpaired) electrons. The number of rotatable bonds is 7. The topological polar surface area (TPSA) is 26.3 Å². The minimum Gasteiger partial charge on any atom is -0.423 e. The maximum absolute atomic E-state index is 13.0. The molecular formula is C30H25FO2. The van der Waals surface area contributed by atoms with Gasteiger partial charge in [-0.05, 0) is 71.0 Å². The molecule has 0 aliphatic heterocycles. The summed E-state index contributed by atoms with van der Waals surface area (Å²) in [5.74, 6) is 0.0145. The van der Waals surface area contributed by atoms with E-state index in [1.807, 2.05) is 24.3 Å². The molecule has 0 heterocycles. The van der Waals surface area contributed by atoms with Crippen LogP contribution in [0.15, 0.2) is 103 Å². The van der Waals surface area contributed by atoms with Crippen LogP contribution in [0.2, 0.25) is 0 Å². The van der Waals surface area contributed by atoms with Crippen LogP contribution >= 0.6 is 0 Å². The molecule has 2 nitrogen and oxygen atoms in total. The molecule has 0 fully saturated rings. The third-order valence-electron chi connectivity index (χ3n) is 5.53. The van der Waals surface area contributed by atoms with Crippen LogP contribution in [-0.4, -0.2) is 5.97 Å². The summed E-state index contributed by atoms with van der Waals surface area (Å²) in [5.41, 5.74) is 5.10. The maximum atomic E-state index is 13.0. The number of hydrogen-bond acceptors (Lipinski definition) is 2. The first-order chi connectivity index (χ1) is 16.1. The van der Waals surface area contributed by atoms with Crippen molar-refractivity contribution in [1.82, 2.24) is 0 Å². The van der Waals surface area contributed by atoms with Crippen LogP contribution in [0.4, 0.5) is 4.39 Å². The van der Waals surface area contributed by atoms with E-state index in [1.54, 1.807) is 12.1 Å². The van der Waals surface area contributed by atoms with Crippen molar-refractivity contribution in [2.24, 2.45) is 0 Å². The number of ether oxygens (including phenoxy) is 1. The standard InChI is InChI=1S/C30H25FO2/c1-22(26-5-3-2-4-6-26)21-25-11-9-23(10-12-25)7-8-24-13-19-29(20-14-24)33-30(32)27-15-17-28(31)18-16-27/h2-20,22H,21H2,1H3/t22-/m0/s1. The van der Waals surface area contributed by atoms with E-state index in [2.05, 4.69) is 61.5 Å². The molecule has 4 aromatic rings. The highest BCUT2D eigenvalue weighted by molar-refractivity contribution is 5.91. The monoisotopic (exact) mass is 436 g/mol. The van der Waals surface area contributed by atoms with Crippen molar-refractivity contribution in [2.45, 2.75) is 19.3 Å². The van der Waals surface area contributed by atoms with Gasteiger partial charge < -0.3 is 4.74 Å². The minimum absolute atomic E-state index is 0.307. The Labute approximate surface area is 194 Å². The molecule has 0 saturated carbocycles. The van der Waals surface area contributed by atoms with Crippen molar-refractivity contribution in [1.29, 1.82) is 0 Å². The highest BCUT2D eigenvalue weighted by Gasteiger charge is 2.08. The Morgan fingerprint density at radius 3 is 1.97 bits per heavy atom. The molecule has 0 unspecified atom stereocenters. The fourth-order valence-electron chi connectivity index (χ4n) is 3.61. The van der Waals surface area contributed by atoms with Gasteiger partial charge in [0.1, 0.15) is 11.6 Å². The third kappa shape index (κ3) is 6.27. The quantitative estimate of drug-likeness (QED) is 0.170. The second-order valence-electron chi connectivity index (χ2n) is 8.06. The molecule has 0 saturated heterocycles. The van der Waals surface area contributed by atoms with E-state index in [4.69, 9.17) is 4.74 Å². The van der Waals surface area contributed by atoms with Crippen LogP contribution in [0, 0.1) is 5.82 Å². The summed E-state index contributed by atoms with van der Waals surface area (Å²) >= 11 is 0. The van der Waals surface area contributed by atoms with Crippen molar-refractivity contribution >= 4 is 18.1 Å². The summed E-state index contributed by atoms with van der Waals surface area (Å²) in [7, 11) is 0. The van der Waals surface area contributed by atoms with Gasteiger partial charge in [-0.3, -0.25) is 0 Å². The second kappa shape index (κ2) is 10.6. The fraction of sp³-hybridized carbons (Fsp3) is 0.100. The van der Waals surface area contributed by atoms with Gasteiger partial charge >= 0.3 is 5.97 Å².